The smallest absolute Gasteiger partial charge is 0.326 e. The molecule has 0 saturated carbocycles. The first-order valence-corrected chi connectivity index (χ1v) is 7.17. The number of carboxylic acid groups (broad SMARTS) is 1. The highest BCUT2D eigenvalue weighted by molar-refractivity contribution is 5.95. The van der Waals surface area contributed by atoms with Crippen LogP contribution in [0.25, 0.3) is 5.82 Å². The van der Waals surface area contributed by atoms with Crippen LogP contribution in [0.5, 0.6) is 0 Å². The molecule has 2 aromatic heterocycles. The maximum atomic E-state index is 12.6. The van der Waals surface area contributed by atoms with Crippen LogP contribution >= 0.6 is 0 Å². The number of hydrogen-bond acceptors (Lipinski definition) is 4. The molecule has 22 heavy (non-hydrogen) atoms. The van der Waals surface area contributed by atoms with E-state index in [1.165, 1.54) is 4.90 Å². The molecule has 0 aliphatic carbocycles. The Kier molecular flexibility index (Phi) is 3.86. The molecule has 7 nitrogen and oxygen atoms in total. The molecule has 7 heteroatoms. The molecule has 1 saturated heterocycles. The first kappa shape index (κ1) is 14.2. The van der Waals surface area contributed by atoms with Crippen LogP contribution in [0.1, 0.15) is 29.8 Å². The average Bonchev–Trinajstić information content (AvgIpc) is 3.09. The standard InChI is InChI=1S/C15H16N4O3/c20-14(18-9-2-1-6-12(18)15(21)22)11-5-3-7-13(17-11)19-10-4-8-16-19/h3-5,7-8,10,12H,1-2,6,9H2,(H,21,22). The zero-order valence-electron chi connectivity index (χ0n) is 11.9. The molecule has 1 atom stereocenters. The Morgan fingerprint density at radius 1 is 1.23 bits per heavy atom. The van der Waals surface area contributed by atoms with Crippen LogP contribution in [0.4, 0.5) is 0 Å². The number of aromatic nitrogens is 3. The number of pyridine rings is 1. The Bertz CT molecular complexity index is 684. The van der Waals surface area contributed by atoms with Gasteiger partial charge in [0.1, 0.15) is 11.7 Å². The summed E-state index contributed by atoms with van der Waals surface area (Å²) in [7, 11) is 0. The van der Waals surface area contributed by atoms with Crippen molar-refractivity contribution in [1.29, 1.82) is 0 Å². The van der Waals surface area contributed by atoms with Crippen molar-refractivity contribution in [3.05, 3.63) is 42.4 Å². The van der Waals surface area contributed by atoms with E-state index in [0.717, 1.165) is 12.8 Å². The van der Waals surface area contributed by atoms with Crippen molar-refractivity contribution < 1.29 is 14.7 Å². The maximum absolute atomic E-state index is 12.6. The predicted octanol–water partition coefficient (Wildman–Crippen LogP) is 1.35. The molecule has 1 fully saturated rings. The van der Waals surface area contributed by atoms with E-state index in [2.05, 4.69) is 10.1 Å². The Morgan fingerprint density at radius 2 is 2.09 bits per heavy atom. The largest absolute Gasteiger partial charge is 0.480 e. The van der Waals surface area contributed by atoms with E-state index >= 15 is 0 Å². The van der Waals surface area contributed by atoms with Crippen LogP contribution < -0.4 is 0 Å². The second-order valence-electron chi connectivity index (χ2n) is 5.18. The number of carbonyl (C=O) groups excluding carboxylic acids is 1. The summed E-state index contributed by atoms with van der Waals surface area (Å²) >= 11 is 0. The van der Waals surface area contributed by atoms with Crippen molar-refractivity contribution >= 4 is 11.9 Å². The number of carbonyl (C=O) groups is 2. The highest BCUT2D eigenvalue weighted by atomic mass is 16.4. The fourth-order valence-electron chi connectivity index (χ4n) is 2.65. The maximum Gasteiger partial charge on any atom is 0.326 e. The van der Waals surface area contributed by atoms with Crippen LogP contribution in [-0.2, 0) is 4.79 Å². The molecule has 3 rings (SSSR count). The fraction of sp³-hybridized carbons (Fsp3) is 0.333. The normalized spacial score (nSPS) is 18.2. The van der Waals surface area contributed by atoms with Crippen LogP contribution in [0.3, 0.4) is 0 Å². The third-order valence-electron chi connectivity index (χ3n) is 3.74. The van der Waals surface area contributed by atoms with Gasteiger partial charge in [-0.3, -0.25) is 4.79 Å². The number of amides is 1. The second-order valence-corrected chi connectivity index (χ2v) is 5.18. The quantitative estimate of drug-likeness (QED) is 0.924. The van der Waals surface area contributed by atoms with Gasteiger partial charge in [-0.25, -0.2) is 14.5 Å². The average molecular weight is 300 g/mol. The SMILES string of the molecule is O=C(O)C1CCCCN1C(=O)c1cccc(-n2cccn2)n1. The Balaban J connectivity index is 1.88. The predicted molar refractivity (Wildman–Crippen MR) is 77.7 cm³/mol. The van der Waals surface area contributed by atoms with Gasteiger partial charge < -0.3 is 10.0 Å². The lowest BCUT2D eigenvalue weighted by atomic mass is 10.0. The summed E-state index contributed by atoms with van der Waals surface area (Å²) in [6.07, 6.45) is 5.48. The molecule has 1 aliphatic rings. The Morgan fingerprint density at radius 3 is 2.82 bits per heavy atom. The molecule has 1 aliphatic heterocycles. The van der Waals surface area contributed by atoms with Crippen molar-refractivity contribution in [1.82, 2.24) is 19.7 Å². The van der Waals surface area contributed by atoms with Crippen LogP contribution in [-0.4, -0.2) is 49.2 Å². The highest BCUT2D eigenvalue weighted by Gasteiger charge is 2.33. The van der Waals surface area contributed by atoms with Gasteiger partial charge in [-0.2, -0.15) is 5.10 Å². The molecular weight excluding hydrogens is 284 g/mol. The number of likely N-dealkylation sites (tertiary alicyclic amines) is 1. The summed E-state index contributed by atoms with van der Waals surface area (Å²) in [5.41, 5.74) is 0.237. The van der Waals surface area contributed by atoms with Crippen LogP contribution in [0.2, 0.25) is 0 Å². The number of hydrogen-bond donors (Lipinski definition) is 1. The van der Waals surface area contributed by atoms with E-state index in [-0.39, 0.29) is 11.6 Å². The highest BCUT2D eigenvalue weighted by Crippen LogP contribution is 2.19. The van der Waals surface area contributed by atoms with Gasteiger partial charge in [0, 0.05) is 18.9 Å². The zero-order chi connectivity index (χ0) is 15.5. The first-order chi connectivity index (χ1) is 10.7. The molecule has 114 valence electrons. The van der Waals surface area contributed by atoms with Gasteiger partial charge in [-0.15, -0.1) is 0 Å². The number of carboxylic acids is 1. The van der Waals surface area contributed by atoms with Crippen LogP contribution in [0, 0.1) is 0 Å². The summed E-state index contributed by atoms with van der Waals surface area (Å²) in [6.45, 7) is 0.448. The molecule has 1 N–H and O–H groups in total. The zero-order valence-corrected chi connectivity index (χ0v) is 11.9. The van der Waals surface area contributed by atoms with E-state index in [0.29, 0.717) is 18.8 Å². The molecule has 0 bridgehead atoms. The topological polar surface area (TPSA) is 88.3 Å². The Labute approximate surface area is 127 Å². The monoisotopic (exact) mass is 300 g/mol. The van der Waals surface area contributed by atoms with E-state index in [1.807, 2.05) is 0 Å². The second kappa shape index (κ2) is 5.97. The summed E-state index contributed by atoms with van der Waals surface area (Å²) in [5, 5.41) is 13.4. The minimum Gasteiger partial charge on any atom is -0.480 e. The lowest BCUT2D eigenvalue weighted by molar-refractivity contribution is -0.143. The molecule has 3 heterocycles. The van der Waals surface area contributed by atoms with Crippen molar-refractivity contribution in [2.45, 2.75) is 25.3 Å². The third kappa shape index (κ3) is 2.69. The lowest BCUT2D eigenvalue weighted by Crippen LogP contribution is -2.48. The molecule has 0 aromatic carbocycles. The third-order valence-corrected chi connectivity index (χ3v) is 3.74. The summed E-state index contributed by atoms with van der Waals surface area (Å²) in [5.74, 6) is -0.780. The molecule has 0 spiro atoms. The van der Waals surface area contributed by atoms with E-state index in [1.54, 1.807) is 41.3 Å². The van der Waals surface area contributed by atoms with Crippen molar-refractivity contribution in [3.8, 4) is 5.82 Å². The van der Waals surface area contributed by atoms with Gasteiger partial charge in [0.15, 0.2) is 5.82 Å². The van der Waals surface area contributed by atoms with Crippen molar-refractivity contribution in [2.75, 3.05) is 6.54 Å². The molecule has 2 aromatic rings. The number of piperidine rings is 1. The molecule has 1 unspecified atom stereocenters. The first-order valence-electron chi connectivity index (χ1n) is 7.17. The van der Waals surface area contributed by atoms with Gasteiger partial charge in [0.2, 0.25) is 0 Å². The van der Waals surface area contributed by atoms with Gasteiger partial charge in [0.25, 0.3) is 5.91 Å². The fourth-order valence-corrected chi connectivity index (χ4v) is 2.65. The Hall–Kier alpha value is -2.70. The lowest BCUT2D eigenvalue weighted by Gasteiger charge is -2.32. The summed E-state index contributed by atoms with van der Waals surface area (Å²) < 4.78 is 1.56. The minimum absolute atomic E-state index is 0.237. The van der Waals surface area contributed by atoms with E-state index in [9.17, 15) is 14.7 Å². The molecule has 1 amide bonds. The number of nitrogens with zero attached hydrogens (tertiary/aromatic N) is 4. The molecular formula is C15H16N4O3. The van der Waals surface area contributed by atoms with E-state index in [4.69, 9.17) is 0 Å². The van der Waals surface area contributed by atoms with Gasteiger partial charge in [-0.1, -0.05) is 6.07 Å². The summed E-state index contributed by atoms with van der Waals surface area (Å²) in [4.78, 5) is 29.6. The van der Waals surface area contributed by atoms with Gasteiger partial charge in [0.05, 0.1) is 0 Å². The summed E-state index contributed by atoms with van der Waals surface area (Å²) in [6, 6.07) is 6.06. The minimum atomic E-state index is -0.962. The van der Waals surface area contributed by atoms with Crippen LogP contribution in [0.15, 0.2) is 36.7 Å². The van der Waals surface area contributed by atoms with Crippen molar-refractivity contribution in [3.63, 3.8) is 0 Å². The van der Waals surface area contributed by atoms with Gasteiger partial charge >= 0.3 is 5.97 Å². The van der Waals surface area contributed by atoms with Crippen molar-refractivity contribution in [2.24, 2.45) is 0 Å². The molecule has 0 radical (unpaired) electrons. The van der Waals surface area contributed by atoms with E-state index < -0.39 is 12.0 Å². The van der Waals surface area contributed by atoms with Gasteiger partial charge in [-0.05, 0) is 37.5 Å². The number of aliphatic carboxylic acids is 1. The number of rotatable bonds is 3.